The zero-order chi connectivity index (χ0) is 15.3. The number of benzene rings is 1. The van der Waals surface area contributed by atoms with Crippen molar-refractivity contribution in [2.45, 2.75) is 31.6 Å². The van der Waals surface area contributed by atoms with Gasteiger partial charge in [0.2, 0.25) is 10.0 Å². The summed E-state index contributed by atoms with van der Waals surface area (Å²) in [4.78, 5) is 10.7. The van der Waals surface area contributed by atoms with Gasteiger partial charge in [0.05, 0.1) is 4.90 Å². The quantitative estimate of drug-likeness (QED) is 0.712. The van der Waals surface area contributed by atoms with Crippen LogP contribution >= 0.6 is 0 Å². The minimum atomic E-state index is -3.77. The van der Waals surface area contributed by atoms with E-state index in [2.05, 4.69) is 4.72 Å². The van der Waals surface area contributed by atoms with Gasteiger partial charge < -0.3 is 10.2 Å². The maximum atomic E-state index is 12.1. The standard InChI is InChI=1S/C13H19NO5S/c1-3-9(4-2)8-14-20(18,19)10-5-6-12(15)11(7-10)13(16)17/h5-7,9,14-15H,3-4,8H2,1-2H3,(H,16,17). The first-order chi connectivity index (χ1) is 9.31. The van der Waals surface area contributed by atoms with Crippen molar-refractivity contribution < 1.29 is 23.4 Å². The minimum absolute atomic E-state index is 0.168. The molecule has 6 nitrogen and oxygen atoms in total. The van der Waals surface area contributed by atoms with Crippen molar-refractivity contribution in [2.75, 3.05) is 6.54 Å². The van der Waals surface area contributed by atoms with Gasteiger partial charge in [0.15, 0.2) is 0 Å². The maximum absolute atomic E-state index is 12.1. The maximum Gasteiger partial charge on any atom is 0.339 e. The number of hydrogen-bond acceptors (Lipinski definition) is 4. The molecule has 0 radical (unpaired) electrons. The molecule has 0 aliphatic carbocycles. The Morgan fingerprint density at radius 3 is 2.40 bits per heavy atom. The van der Waals surface area contributed by atoms with Gasteiger partial charge in [-0.1, -0.05) is 26.7 Å². The fourth-order valence-electron chi connectivity index (χ4n) is 1.74. The summed E-state index contributed by atoms with van der Waals surface area (Å²) in [6.07, 6.45) is 1.71. The molecule has 0 bridgehead atoms. The fraction of sp³-hybridized carbons (Fsp3) is 0.462. The number of nitrogens with one attached hydrogen (secondary N) is 1. The molecule has 20 heavy (non-hydrogen) atoms. The van der Waals surface area contributed by atoms with E-state index in [1.54, 1.807) is 0 Å². The van der Waals surface area contributed by atoms with Gasteiger partial charge in [-0.05, 0) is 24.1 Å². The molecule has 0 saturated heterocycles. The van der Waals surface area contributed by atoms with Crippen molar-refractivity contribution in [3.63, 3.8) is 0 Å². The van der Waals surface area contributed by atoms with Crippen LogP contribution < -0.4 is 4.72 Å². The Morgan fingerprint density at radius 1 is 1.30 bits per heavy atom. The number of rotatable bonds is 7. The molecule has 0 saturated carbocycles. The highest BCUT2D eigenvalue weighted by Crippen LogP contribution is 2.21. The lowest BCUT2D eigenvalue weighted by molar-refractivity contribution is 0.0693. The molecule has 0 aromatic heterocycles. The zero-order valence-corrected chi connectivity index (χ0v) is 12.3. The van der Waals surface area contributed by atoms with E-state index < -0.39 is 27.3 Å². The second-order valence-corrected chi connectivity index (χ2v) is 6.29. The summed E-state index contributed by atoms with van der Waals surface area (Å²) in [5, 5.41) is 18.2. The molecule has 0 spiro atoms. The number of aromatic hydroxyl groups is 1. The molecule has 0 heterocycles. The second-order valence-electron chi connectivity index (χ2n) is 4.52. The SMILES string of the molecule is CCC(CC)CNS(=O)(=O)c1ccc(O)c(C(=O)O)c1. The van der Waals surface area contributed by atoms with E-state index in [4.69, 9.17) is 5.11 Å². The molecular formula is C13H19NO5S. The van der Waals surface area contributed by atoms with E-state index >= 15 is 0 Å². The molecular weight excluding hydrogens is 282 g/mol. The number of hydrogen-bond donors (Lipinski definition) is 3. The Kier molecular flexibility index (Phi) is 5.52. The van der Waals surface area contributed by atoms with Gasteiger partial charge in [0.1, 0.15) is 11.3 Å². The largest absolute Gasteiger partial charge is 0.507 e. The van der Waals surface area contributed by atoms with Crippen LogP contribution in [0.5, 0.6) is 5.75 Å². The van der Waals surface area contributed by atoms with Crippen molar-refractivity contribution in [2.24, 2.45) is 5.92 Å². The van der Waals surface area contributed by atoms with Crippen LogP contribution in [0, 0.1) is 5.92 Å². The third kappa shape index (κ3) is 3.94. The van der Waals surface area contributed by atoms with Crippen molar-refractivity contribution in [1.29, 1.82) is 0 Å². The number of phenols is 1. The topological polar surface area (TPSA) is 104 Å². The second kappa shape index (κ2) is 6.71. The molecule has 7 heteroatoms. The molecule has 112 valence electrons. The molecule has 1 aromatic rings. The predicted octanol–water partition coefficient (Wildman–Crippen LogP) is 1.80. The van der Waals surface area contributed by atoms with Crippen LogP contribution in [0.25, 0.3) is 0 Å². The average Bonchev–Trinajstić information content (AvgIpc) is 2.39. The first-order valence-corrected chi connectivity index (χ1v) is 7.86. The minimum Gasteiger partial charge on any atom is -0.507 e. The van der Waals surface area contributed by atoms with E-state index in [-0.39, 0.29) is 10.8 Å². The Bertz CT molecular complexity index is 578. The van der Waals surface area contributed by atoms with Gasteiger partial charge in [0.25, 0.3) is 0 Å². The first kappa shape index (κ1) is 16.5. The first-order valence-electron chi connectivity index (χ1n) is 6.37. The summed E-state index contributed by atoms with van der Waals surface area (Å²) in [6.45, 7) is 4.26. The van der Waals surface area contributed by atoms with E-state index in [0.717, 1.165) is 25.0 Å². The smallest absolute Gasteiger partial charge is 0.339 e. The monoisotopic (exact) mass is 301 g/mol. The molecule has 0 unspecified atom stereocenters. The molecule has 1 aromatic carbocycles. The molecule has 0 aliphatic rings. The summed E-state index contributed by atoms with van der Waals surface area (Å²) in [6, 6.07) is 3.19. The van der Waals surface area contributed by atoms with E-state index in [9.17, 15) is 18.3 Å². The van der Waals surface area contributed by atoms with E-state index in [1.807, 2.05) is 13.8 Å². The number of aromatic carboxylic acids is 1. The van der Waals surface area contributed by atoms with Crippen molar-refractivity contribution in [3.05, 3.63) is 23.8 Å². The Hall–Kier alpha value is -1.60. The highest BCUT2D eigenvalue weighted by Gasteiger charge is 2.19. The molecule has 0 atom stereocenters. The van der Waals surface area contributed by atoms with Crippen LogP contribution in [0.4, 0.5) is 0 Å². The lowest BCUT2D eigenvalue weighted by atomic mass is 10.0. The van der Waals surface area contributed by atoms with Crippen molar-refractivity contribution in [3.8, 4) is 5.75 Å². The summed E-state index contributed by atoms with van der Waals surface area (Å²) in [7, 11) is -3.77. The lowest BCUT2D eigenvalue weighted by Gasteiger charge is -2.14. The lowest BCUT2D eigenvalue weighted by Crippen LogP contribution is -2.29. The zero-order valence-electron chi connectivity index (χ0n) is 11.5. The molecule has 3 N–H and O–H groups in total. The highest BCUT2D eigenvalue weighted by molar-refractivity contribution is 7.89. The molecule has 0 aliphatic heterocycles. The normalized spacial score (nSPS) is 11.8. The molecule has 0 fully saturated rings. The molecule has 1 rings (SSSR count). The van der Waals surface area contributed by atoms with Crippen LogP contribution in [-0.2, 0) is 10.0 Å². The average molecular weight is 301 g/mol. The van der Waals surface area contributed by atoms with Crippen LogP contribution in [0.15, 0.2) is 23.1 Å². The van der Waals surface area contributed by atoms with Crippen molar-refractivity contribution >= 4 is 16.0 Å². The predicted molar refractivity (Wildman–Crippen MR) is 74.3 cm³/mol. The summed E-state index contributed by atoms with van der Waals surface area (Å²) < 4.78 is 26.6. The van der Waals surface area contributed by atoms with Gasteiger partial charge in [0, 0.05) is 6.54 Å². The summed E-state index contributed by atoms with van der Waals surface area (Å²) >= 11 is 0. The van der Waals surface area contributed by atoms with Gasteiger partial charge >= 0.3 is 5.97 Å². The number of sulfonamides is 1. The Balaban J connectivity index is 2.98. The van der Waals surface area contributed by atoms with Gasteiger partial charge in [-0.25, -0.2) is 17.9 Å². The van der Waals surface area contributed by atoms with Crippen LogP contribution in [-0.4, -0.2) is 31.1 Å². The van der Waals surface area contributed by atoms with Crippen LogP contribution in [0.1, 0.15) is 37.0 Å². The third-order valence-corrected chi connectivity index (χ3v) is 4.65. The third-order valence-electron chi connectivity index (χ3n) is 3.23. The van der Waals surface area contributed by atoms with Gasteiger partial charge in [-0.3, -0.25) is 0 Å². The van der Waals surface area contributed by atoms with Crippen LogP contribution in [0.3, 0.4) is 0 Å². The van der Waals surface area contributed by atoms with E-state index in [1.165, 1.54) is 6.07 Å². The van der Waals surface area contributed by atoms with Gasteiger partial charge in [-0.15, -0.1) is 0 Å². The number of carboxylic acid groups (broad SMARTS) is 1. The summed E-state index contributed by atoms with van der Waals surface area (Å²) in [5.74, 6) is -1.60. The fourth-order valence-corrected chi connectivity index (χ4v) is 2.88. The Labute approximate surface area is 118 Å². The number of carbonyl (C=O) groups is 1. The van der Waals surface area contributed by atoms with Crippen molar-refractivity contribution in [1.82, 2.24) is 4.72 Å². The van der Waals surface area contributed by atoms with E-state index in [0.29, 0.717) is 6.54 Å². The van der Waals surface area contributed by atoms with Crippen LogP contribution in [0.2, 0.25) is 0 Å². The van der Waals surface area contributed by atoms with Gasteiger partial charge in [-0.2, -0.15) is 0 Å². The molecule has 0 amide bonds. The number of carboxylic acids is 1. The Morgan fingerprint density at radius 2 is 1.90 bits per heavy atom. The highest BCUT2D eigenvalue weighted by atomic mass is 32.2. The summed E-state index contributed by atoms with van der Waals surface area (Å²) in [5.41, 5.74) is -0.435.